The Morgan fingerprint density at radius 3 is 2.58 bits per heavy atom. The molecule has 6 heteroatoms. The molecular weight excluding hydrogens is 264 g/mol. The summed E-state index contributed by atoms with van der Waals surface area (Å²) in [6, 6.07) is 3.53. The highest BCUT2D eigenvalue weighted by Gasteiger charge is 2.12. The highest BCUT2D eigenvalue weighted by molar-refractivity contribution is 7.99. The molecule has 0 N–H and O–H groups in total. The van der Waals surface area contributed by atoms with Crippen LogP contribution in [-0.2, 0) is 9.53 Å². The van der Waals surface area contributed by atoms with E-state index in [0.29, 0.717) is 12.0 Å². The largest absolute Gasteiger partial charge is 0.469 e. The molecule has 0 aliphatic heterocycles. The van der Waals surface area contributed by atoms with Gasteiger partial charge in [-0.15, -0.1) is 11.8 Å². The number of thioether (sulfide) groups is 1. The van der Waals surface area contributed by atoms with Crippen molar-refractivity contribution in [3.63, 3.8) is 0 Å². The fourth-order valence-corrected chi connectivity index (χ4v) is 2.29. The first kappa shape index (κ1) is 15.5. The van der Waals surface area contributed by atoms with E-state index in [-0.39, 0.29) is 17.1 Å². The van der Waals surface area contributed by atoms with Crippen LogP contribution in [0.2, 0.25) is 0 Å². The smallest absolute Gasteiger partial charge is 0.306 e. The van der Waals surface area contributed by atoms with Gasteiger partial charge in [0.05, 0.1) is 24.1 Å². The summed E-state index contributed by atoms with van der Waals surface area (Å²) in [6.07, 6.45) is 1.89. The molecule has 1 amide bonds. The van der Waals surface area contributed by atoms with Gasteiger partial charge >= 0.3 is 5.97 Å². The minimum absolute atomic E-state index is 0.0772. The molecular formula is C13H18N2O3S. The van der Waals surface area contributed by atoms with Crippen LogP contribution in [0.4, 0.5) is 0 Å². The van der Waals surface area contributed by atoms with Crippen LogP contribution in [0.3, 0.4) is 0 Å². The van der Waals surface area contributed by atoms with Gasteiger partial charge in [0.25, 0.3) is 5.91 Å². The molecule has 0 aliphatic carbocycles. The zero-order chi connectivity index (χ0) is 14.4. The van der Waals surface area contributed by atoms with Gasteiger partial charge < -0.3 is 9.64 Å². The summed E-state index contributed by atoms with van der Waals surface area (Å²) in [6.45, 7) is 1.93. The van der Waals surface area contributed by atoms with Crippen LogP contribution < -0.4 is 0 Å². The Labute approximate surface area is 117 Å². The van der Waals surface area contributed by atoms with Crippen molar-refractivity contribution in [3.05, 3.63) is 23.9 Å². The van der Waals surface area contributed by atoms with Gasteiger partial charge in [0.2, 0.25) is 0 Å². The second-order valence-electron chi connectivity index (χ2n) is 4.29. The van der Waals surface area contributed by atoms with Crippen LogP contribution in [0.5, 0.6) is 0 Å². The fraction of sp³-hybridized carbons (Fsp3) is 0.462. The van der Waals surface area contributed by atoms with Gasteiger partial charge in [-0.25, -0.2) is 4.98 Å². The summed E-state index contributed by atoms with van der Waals surface area (Å²) in [5.74, 6) is -0.314. The molecule has 0 aromatic carbocycles. The zero-order valence-corrected chi connectivity index (χ0v) is 12.4. The Kier molecular flexibility index (Phi) is 5.82. The number of methoxy groups -OCH3 is 1. The van der Waals surface area contributed by atoms with Crippen LogP contribution in [0.1, 0.15) is 23.7 Å². The van der Waals surface area contributed by atoms with Crippen molar-refractivity contribution < 1.29 is 14.3 Å². The summed E-state index contributed by atoms with van der Waals surface area (Å²) in [5.41, 5.74) is 0.551. The predicted octanol–water partition coefficient (Wildman–Crippen LogP) is 1.83. The Hall–Kier alpha value is -1.56. The van der Waals surface area contributed by atoms with Gasteiger partial charge in [0.1, 0.15) is 0 Å². The fourth-order valence-electron chi connectivity index (χ4n) is 1.40. The first-order valence-electron chi connectivity index (χ1n) is 5.85. The van der Waals surface area contributed by atoms with E-state index in [1.54, 1.807) is 32.4 Å². The van der Waals surface area contributed by atoms with Crippen LogP contribution in [0, 0.1) is 0 Å². The Balaban J connectivity index is 2.62. The monoisotopic (exact) mass is 282 g/mol. The topological polar surface area (TPSA) is 59.5 Å². The first-order chi connectivity index (χ1) is 8.93. The molecule has 0 aliphatic rings. The number of pyridine rings is 1. The van der Waals surface area contributed by atoms with E-state index in [9.17, 15) is 9.59 Å². The maximum Gasteiger partial charge on any atom is 0.306 e. The molecule has 1 heterocycles. The van der Waals surface area contributed by atoms with Crippen molar-refractivity contribution in [1.82, 2.24) is 9.88 Å². The molecule has 1 rings (SSSR count). The van der Waals surface area contributed by atoms with Crippen molar-refractivity contribution >= 4 is 23.6 Å². The van der Waals surface area contributed by atoms with E-state index >= 15 is 0 Å². The van der Waals surface area contributed by atoms with E-state index in [0.717, 1.165) is 5.03 Å². The summed E-state index contributed by atoms with van der Waals surface area (Å²) in [5, 5.41) is 0.863. The number of carbonyl (C=O) groups excluding carboxylic acids is 2. The number of hydrogen-bond acceptors (Lipinski definition) is 5. The lowest BCUT2D eigenvalue weighted by Crippen LogP contribution is -2.21. The van der Waals surface area contributed by atoms with E-state index in [4.69, 9.17) is 0 Å². The van der Waals surface area contributed by atoms with Crippen LogP contribution >= 0.6 is 11.8 Å². The molecule has 1 aromatic heterocycles. The van der Waals surface area contributed by atoms with Crippen LogP contribution in [-0.4, -0.2) is 48.2 Å². The molecule has 0 radical (unpaired) electrons. The predicted molar refractivity (Wildman–Crippen MR) is 74.2 cm³/mol. The maximum absolute atomic E-state index is 11.7. The van der Waals surface area contributed by atoms with Gasteiger partial charge in [-0.3, -0.25) is 9.59 Å². The Morgan fingerprint density at radius 2 is 2.11 bits per heavy atom. The minimum Gasteiger partial charge on any atom is -0.469 e. The maximum atomic E-state index is 11.7. The number of aromatic nitrogens is 1. The lowest BCUT2D eigenvalue weighted by atomic mass is 10.2. The van der Waals surface area contributed by atoms with Crippen molar-refractivity contribution in [3.8, 4) is 0 Å². The number of rotatable bonds is 5. The third-order valence-corrected chi connectivity index (χ3v) is 3.45. The third-order valence-electron chi connectivity index (χ3n) is 2.39. The van der Waals surface area contributed by atoms with Crippen molar-refractivity contribution in [2.45, 2.75) is 23.6 Å². The molecule has 0 spiro atoms. The van der Waals surface area contributed by atoms with E-state index in [1.165, 1.54) is 23.8 Å². The van der Waals surface area contributed by atoms with E-state index in [1.807, 2.05) is 6.92 Å². The molecule has 1 unspecified atom stereocenters. The SMILES string of the molecule is COC(=O)CC(C)Sc1ccc(C(=O)N(C)C)cn1. The Bertz CT molecular complexity index is 446. The highest BCUT2D eigenvalue weighted by Crippen LogP contribution is 2.23. The molecule has 0 saturated heterocycles. The lowest BCUT2D eigenvalue weighted by molar-refractivity contribution is -0.140. The number of amides is 1. The van der Waals surface area contributed by atoms with Crippen molar-refractivity contribution in [1.29, 1.82) is 0 Å². The molecule has 0 fully saturated rings. The number of carbonyl (C=O) groups is 2. The highest BCUT2D eigenvalue weighted by atomic mass is 32.2. The van der Waals surface area contributed by atoms with Gasteiger partial charge in [0.15, 0.2) is 0 Å². The minimum atomic E-state index is -0.237. The number of nitrogens with zero attached hydrogens (tertiary/aromatic N) is 2. The van der Waals surface area contributed by atoms with Crippen molar-refractivity contribution in [2.24, 2.45) is 0 Å². The summed E-state index contributed by atoms with van der Waals surface area (Å²) < 4.78 is 4.61. The summed E-state index contributed by atoms with van der Waals surface area (Å²) >= 11 is 1.48. The Morgan fingerprint density at radius 1 is 1.42 bits per heavy atom. The quantitative estimate of drug-likeness (QED) is 0.609. The molecule has 5 nitrogen and oxygen atoms in total. The van der Waals surface area contributed by atoms with E-state index in [2.05, 4.69) is 9.72 Å². The second-order valence-corrected chi connectivity index (χ2v) is 5.75. The van der Waals surface area contributed by atoms with Gasteiger partial charge in [-0.1, -0.05) is 6.92 Å². The molecule has 0 saturated carbocycles. The van der Waals surface area contributed by atoms with Crippen molar-refractivity contribution in [2.75, 3.05) is 21.2 Å². The third kappa shape index (κ3) is 4.90. The molecule has 1 atom stereocenters. The van der Waals surface area contributed by atoms with Gasteiger partial charge in [-0.2, -0.15) is 0 Å². The molecule has 1 aromatic rings. The van der Waals surface area contributed by atoms with Gasteiger partial charge in [0, 0.05) is 25.5 Å². The summed E-state index contributed by atoms with van der Waals surface area (Å²) in [4.78, 5) is 28.5. The van der Waals surface area contributed by atoms with Crippen LogP contribution in [0.25, 0.3) is 0 Å². The summed E-state index contributed by atoms with van der Waals surface area (Å²) in [7, 11) is 4.77. The van der Waals surface area contributed by atoms with Crippen LogP contribution in [0.15, 0.2) is 23.4 Å². The number of esters is 1. The average molecular weight is 282 g/mol. The normalized spacial score (nSPS) is 11.8. The van der Waals surface area contributed by atoms with E-state index < -0.39 is 0 Å². The zero-order valence-electron chi connectivity index (χ0n) is 11.5. The molecule has 19 heavy (non-hydrogen) atoms. The standard InChI is InChI=1S/C13H18N2O3S/c1-9(7-12(16)18-4)19-11-6-5-10(8-14-11)13(17)15(2)3/h5-6,8-9H,7H2,1-4H3. The lowest BCUT2D eigenvalue weighted by Gasteiger charge is -2.11. The molecule has 104 valence electrons. The number of hydrogen-bond donors (Lipinski definition) is 0. The van der Waals surface area contributed by atoms with Gasteiger partial charge in [-0.05, 0) is 12.1 Å². The number of ether oxygens (including phenoxy) is 1. The average Bonchev–Trinajstić information content (AvgIpc) is 2.38. The second kappa shape index (κ2) is 7.13. The molecule has 0 bridgehead atoms. The first-order valence-corrected chi connectivity index (χ1v) is 6.73.